The van der Waals surface area contributed by atoms with Gasteiger partial charge in [-0.25, -0.2) is 13.4 Å². The second-order valence-corrected chi connectivity index (χ2v) is 8.23. The van der Waals surface area contributed by atoms with Gasteiger partial charge in [-0.15, -0.1) is 0 Å². The van der Waals surface area contributed by atoms with Crippen molar-refractivity contribution in [1.29, 1.82) is 0 Å². The minimum Gasteiger partial charge on any atom is -0.351 e. The monoisotopic (exact) mass is 350 g/mol. The lowest BCUT2D eigenvalue weighted by Crippen LogP contribution is -2.45. The highest BCUT2D eigenvalue weighted by Crippen LogP contribution is 2.21. The second-order valence-electron chi connectivity index (χ2n) is 6.29. The molecule has 1 aromatic carbocycles. The average Bonchev–Trinajstić information content (AvgIpc) is 3.11. The Hall–Kier alpha value is -1.93. The van der Waals surface area contributed by atoms with E-state index in [4.69, 9.17) is 0 Å². The van der Waals surface area contributed by atoms with Crippen molar-refractivity contribution < 1.29 is 13.2 Å². The van der Waals surface area contributed by atoms with E-state index in [2.05, 4.69) is 10.3 Å². The van der Waals surface area contributed by atoms with E-state index in [1.165, 1.54) is 4.31 Å². The fraction of sp³-hybridized carbons (Fsp3) is 0.500. The first-order valence-electron chi connectivity index (χ1n) is 7.94. The third-order valence-corrected chi connectivity index (χ3v) is 5.86. The summed E-state index contributed by atoms with van der Waals surface area (Å²) in [6.45, 7) is 2.72. The first-order valence-corrected chi connectivity index (χ1v) is 9.78. The molecule has 0 spiro atoms. The van der Waals surface area contributed by atoms with E-state index in [1.54, 1.807) is 0 Å². The number of aromatic nitrogens is 2. The van der Waals surface area contributed by atoms with Crippen molar-refractivity contribution in [1.82, 2.24) is 19.2 Å². The Kier molecular flexibility index (Phi) is 4.35. The van der Waals surface area contributed by atoms with Crippen LogP contribution in [0.2, 0.25) is 0 Å². The van der Waals surface area contributed by atoms with Gasteiger partial charge in [0.05, 0.1) is 17.3 Å². The van der Waals surface area contributed by atoms with Gasteiger partial charge >= 0.3 is 0 Å². The van der Waals surface area contributed by atoms with Gasteiger partial charge in [-0.2, -0.15) is 4.31 Å². The molecule has 24 heavy (non-hydrogen) atoms. The molecule has 0 aliphatic carbocycles. The summed E-state index contributed by atoms with van der Waals surface area (Å²) in [5, 5.41) is 2.85. The molecule has 0 unspecified atom stereocenters. The van der Waals surface area contributed by atoms with Crippen molar-refractivity contribution in [2.45, 2.75) is 32.4 Å². The molecule has 1 aliphatic heterocycles. The molecule has 7 nitrogen and oxygen atoms in total. The molecule has 1 saturated heterocycles. The van der Waals surface area contributed by atoms with Gasteiger partial charge < -0.3 is 9.88 Å². The van der Waals surface area contributed by atoms with E-state index < -0.39 is 16.1 Å². The van der Waals surface area contributed by atoms with E-state index in [9.17, 15) is 13.2 Å². The van der Waals surface area contributed by atoms with Crippen molar-refractivity contribution in [2.24, 2.45) is 7.05 Å². The molecule has 1 aliphatic rings. The Morgan fingerprint density at radius 2 is 2.17 bits per heavy atom. The Labute approximate surface area is 141 Å². The summed E-state index contributed by atoms with van der Waals surface area (Å²) in [5.41, 5.74) is 2.87. The maximum atomic E-state index is 12.4. The van der Waals surface area contributed by atoms with Crippen LogP contribution in [0.3, 0.4) is 0 Å². The van der Waals surface area contributed by atoms with Crippen LogP contribution in [0.25, 0.3) is 11.0 Å². The van der Waals surface area contributed by atoms with Crippen molar-refractivity contribution in [2.75, 3.05) is 12.8 Å². The van der Waals surface area contributed by atoms with Gasteiger partial charge in [-0.3, -0.25) is 4.79 Å². The largest absolute Gasteiger partial charge is 0.351 e. The third-order valence-electron chi connectivity index (χ3n) is 4.57. The topological polar surface area (TPSA) is 84.3 Å². The molecule has 1 N–H and O–H groups in total. The lowest BCUT2D eigenvalue weighted by molar-refractivity contribution is -0.124. The fourth-order valence-corrected chi connectivity index (χ4v) is 4.31. The molecule has 0 saturated carbocycles. The lowest BCUT2D eigenvalue weighted by atomic mass is 10.2. The molecule has 1 amide bonds. The Bertz CT molecular complexity index is 888. The lowest BCUT2D eigenvalue weighted by Gasteiger charge is -2.21. The van der Waals surface area contributed by atoms with Crippen molar-refractivity contribution in [3.8, 4) is 0 Å². The Balaban J connectivity index is 1.70. The van der Waals surface area contributed by atoms with E-state index in [-0.39, 0.29) is 5.91 Å². The van der Waals surface area contributed by atoms with Gasteiger partial charge in [0.2, 0.25) is 15.9 Å². The summed E-state index contributed by atoms with van der Waals surface area (Å²) in [6, 6.07) is 5.29. The number of rotatable bonds is 4. The standard InChI is InChI=1S/C16H22N4O3S/c1-11-18-13-9-12(6-7-14(13)19(11)2)10-17-16(21)15-5-4-8-20(15)24(3,22)23/h6-7,9,15H,4-5,8,10H2,1-3H3,(H,17,21)/t15-/m0/s1. The summed E-state index contributed by atoms with van der Waals surface area (Å²) < 4.78 is 26.8. The van der Waals surface area contributed by atoms with Crippen LogP contribution in [-0.4, -0.2) is 47.0 Å². The number of hydrogen-bond acceptors (Lipinski definition) is 4. The van der Waals surface area contributed by atoms with Crippen molar-refractivity contribution >= 4 is 27.0 Å². The van der Waals surface area contributed by atoms with Gasteiger partial charge in [0.15, 0.2) is 0 Å². The molecule has 1 fully saturated rings. The molecule has 0 radical (unpaired) electrons. The zero-order valence-corrected chi connectivity index (χ0v) is 14.9. The number of nitrogens with zero attached hydrogens (tertiary/aromatic N) is 3. The fourth-order valence-electron chi connectivity index (χ4n) is 3.18. The molecule has 2 aromatic rings. The van der Waals surface area contributed by atoms with Crippen LogP contribution in [0.1, 0.15) is 24.2 Å². The van der Waals surface area contributed by atoms with Gasteiger partial charge in [-0.1, -0.05) is 6.07 Å². The number of benzene rings is 1. The number of imidazole rings is 1. The normalized spacial score (nSPS) is 19.0. The Morgan fingerprint density at radius 1 is 1.42 bits per heavy atom. The molecule has 2 heterocycles. The summed E-state index contributed by atoms with van der Waals surface area (Å²) in [6.07, 6.45) is 2.43. The predicted molar refractivity (Wildman–Crippen MR) is 91.9 cm³/mol. The maximum absolute atomic E-state index is 12.4. The van der Waals surface area contributed by atoms with Crippen molar-refractivity contribution in [3.05, 3.63) is 29.6 Å². The highest BCUT2D eigenvalue weighted by molar-refractivity contribution is 7.88. The van der Waals surface area contributed by atoms with Crippen LogP contribution in [0, 0.1) is 6.92 Å². The van der Waals surface area contributed by atoms with Crippen LogP contribution in [-0.2, 0) is 28.4 Å². The van der Waals surface area contributed by atoms with Gasteiger partial charge in [0.25, 0.3) is 0 Å². The summed E-state index contributed by atoms with van der Waals surface area (Å²) in [4.78, 5) is 16.8. The zero-order chi connectivity index (χ0) is 17.5. The highest BCUT2D eigenvalue weighted by Gasteiger charge is 2.36. The van der Waals surface area contributed by atoms with Crippen LogP contribution >= 0.6 is 0 Å². The van der Waals surface area contributed by atoms with Crippen LogP contribution in [0.5, 0.6) is 0 Å². The van der Waals surface area contributed by atoms with E-state index in [0.29, 0.717) is 25.9 Å². The van der Waals surface area contributed by atoms with Gasteiger partial charge in [0, 0.05) is 20.1 Å². The second kappa shape index (κ2) is 6.18. The molecule has 8 heteroatoms. The highest BCUT2D eigenvalue weighted by atomic mass is 32.2. The first-order chi connectivity index (χ1) is 11.3. The number of sulfonamides is 1. The number of nitrogens with one attached hydrogen (secondary N) is 1. The number of amides is 1. The summed E-state index contributed by atoms with van der Waals surface area (Å²) >= 11 is 0. The van der Waals surface area contributed by atoms with Crippen molar-refractivity contribution in [3.63, 3.8) is 0 Å². The van der Waals surface area contributed by atoms with E-state index >= 15 is 0 Å². The Morgan fingerprint density at radius 3 is 2.88 bits per heavy atom. The minimum atomic E-state index is -3.35. The summed E-state index contributed by atoms with van der Waals surface area (Å²) in [7, 11) is -1.39. The van der Waals surface area contributed by atoms with Gasteiger partial charge in [0.1, 0.15) is 11.9 Å². The number of aryl methyl sites for hydroxylation is 2. The SMILES string of the molecule is Cc1nc2cc(CNC(=O)[C@@H]3CCCN3S(C)(=O)=O)ccc2n1C. The third kappa shape index (κ3) is 3.16. The molecule has 130 valence electrons. The number of fused-ring (bicyclic) bond motifs is 1. The molecule has 1 aromatic heterocycles. The smallest absolute Gasteiger partial charge is 0.238 e. The van der Waals surface area contributed by atoms with E-state index in [1.807, 2.05) is 36.7 Å². The maximum Gasteiger partial charge on any atom is 0.238 e. The predicted octanol–water partition coefficient (Wildman–Crippen LogP) is 0.922. The zero-order valence-electron chi connectivity index (χ0n) is 14.1. The van der Waals surface area contributed by atoms with E-state index in [0.717, 1.165) is 28.7 Å². The number of carbonyl (C=O) groups is 1. The average molecular weight is 350 g/mol. The summed E-state index contributed by atoms with van der Waals surface area (Å²) in [5.74, 6) is 0.691. The molecule has 1 atom stereocenters. The molecular weight excluding hydrogens is 328 g/mol. The number of hydrogen-bond donors (Lipinski definition) is 1. The number of carbonyl (C=O) groups excluding carboxylic acids is 1. The van der Waals surface area contributed by atoms with Crippen LogP contribution in [0.4, 0.5) is 0 Å². The molecular formula is C16H22N4O3S. The molecule has 0 bridgehead atoms. The van der Waals surface area contributed by atoms with Gasteiger partial charge in [-0.05, 0) is 37.5 Å². The van der Waals surface area contributed by atoms with Crippen LogP contribution in [0.15, 0.2) is 18.2 Å². The minimum absolute atomic E-state index is 0.241. The first kappa shape index (κ1) is 16.9. The van der Waals surface area contributed by atoms with Crippen LogP contribution < -0.4 is 5.32 Å². The molecule has 3 rings (SSSR count). The quantitative estimate of drug-likeness (QED) is 0.889.